The molecule has 0 amide bonds. The van der Waals surface area contributed by atoms with E-state index in [1.165, 1.54) is 11.3 Å². The van der Waals surface area contributed by atoms with Crippen LogP contribution in [0.4, 0.5) is 0 Å². The third-order valence-corrected chi connectivity index (χ3v) is 3.38. The number of ketones is 1. The normalized spacial score (nSPS) is 10.1. The highest BCUT2D eigenvalue weighted by molar-refractivity contribution is 7.17. The molecule has 1 heterocycles. The Balaban J connectivity index is 2.34. The van der Waals surface area contributed by atoms with Gasteiger partial charge < -0.3 is 0 Å². The summed E-state index contributed by atoms with van der Waals surface area (Å²) in [4.78, 5) is 23.4. The van der Waals surface area contributed by atoms with E-state index in [-0.39, 0.29) is 5.78 Å². The van der Waals surface area contributed by atoms with E-state index in [2.05, 4.69) is 0 Å². The van der Waals surface area contributed by atoms with Crippen molar-refractivity contribution in [2.24, 2.45) is 0 Å². The van der Waals surface area contributed by atoms with Crippen molar-refractivity contribution < 1.29 is 9.59 Å². The van der Waals surface area contributed by atoms with Crippen LogP contribution in [-0.2, 0) is 0 Å². The summed E-state index contributed by atoms with van der Waals surface area (Å²) in [7, 11) is 0. The molecule has 0 unspecified atom stereocenters. The zero-order chi connectivity index (χ0) is 11.5. The van der Waals surface area contributed by atoms with Crippen LogP contribution in [0.25, 0.3) is 10.4 Å². The van der Waals surface area contributed by atoms with Crippen molar-refractivity contribution in [1.82, 2.24) is 0 Å². The third kappa shape index (κ3) is 2.09. The van der Waals surface area contributed by atoms with E-state index >= 15 is 0 Å². The first kappa shape index (κ1) is 10.8. The van der Waals surface area contributed by atoms with Crippen LogP contribution in [0.15, 0.2) is 36.4 Å². The fourth-order valence-electron chi connectivity index (χ4n) is 1.44. The molecule has 0 atom stereocenters. The van der Waals surface area contributed by atoms with Gasteiger partial charge in [-0.2, -0.15) is 0 Å². The Kier molecular flexibility index (Phi) is 2.97. The quantitative estimate of drug-likeness (QED) is 0.598. The van der Waals surface area contributed by atoms with Crippen molar-refractivity contribution >= 4 is 23.4 Å². The van der Waals surface area contributed by atoms with E-state index < -0.39 is 0 Å². The summed E-state index contributed by atoms with van der Waals surface area (Å²) in [6.07, 6.45) is 0.845. The molecule has 0 saturated heterocycles. The smallest absolute Gasteiger partial charge is 0.160 e. The maximum Gasteiger partial charge on any atom is 0.160 e. The monoisotopic (exact) mass is 230 g/mol. The summed E-state index contributed by atoms with van der Waals surface area (Å²) in [6, 6.07) is 11.1. The molecule has 0 N–H and O–H groups in total. The number of Topliss-reactive ketones (excluding diaryl/α,β-unsaturated/α-hetero) is 1. The zero-order valence-corrected chi connectivity index (χ0v) is 9.58. The Morgan fingerprint density at radius 3 is 2.31 bits per heavy atom. The van der Waals surface area contributed by atoms with Gasteiger partial charge in [0.15, 0.2) is 12.1 Å². The van der Waals surface area contributed by atoms with Crippen molar-refractivity contribution in [3.8, 4) is 10.4 Å². The van der Waals surface area contributed by atoms with Gasteiger partial charge in [-0.05, 0) is 24.6 Å². The van der Waals surface area contributed by atoms with Crippen LogP contribution < -0.4 is 0 Å². The molecule has 2 rings (SSSR count). The number of carbonyl (C=O) groups excluding carboxylic acids is 2. The van der Waals surface area contributed by atoms with E-state index in [1.54, 1.807) is 25.1 Å². The molecular weight excluding hydrogens is 220 g/mol. The predicted octanol–water partition coefficient (Wildman–Crippen LogP) is 3.43. The molecule has 0 aliphatic carbocycles. The largest absolute Gasteiger partial charge is 0.297 e. The zero-order valence-electron chi connectivity index (χ0n) is 8.77. The Morgan fingerprint density at radius 2 is 1.81 bits per heavy atom. The van der Waals surface area contributed by atoms with E-state index in [1.807, 2.05) is 18.2 Å². The van der Waals surface area contributed by atoms with Crippen LogP contribution in [0.5, 0.6) is 0 Å². The summed E-state index contributed by atoms with van der Waals surface area (Å²) in [5, 5.41) is 0. The van der Waals surface area contributed by atoms with Gasteiger partial charge in [-0.25, -0.2) is 0 Å². The second kappa shape index (κ2) is 4.41. The molecule has 1 aromatic carbocycles. The summed E-state index contributed by atoms with van der Waals surface area (Å²) >= 11 is 1.45. The predicted molar refractivity (Wildman–Crippen MR) is 65.1 cm³/mol. The van der Waals surface area contributed by atoms with Gasteiger partial charge in [0.1, 0.15) is 0 Å². The highest BCUT2D eigenvalue weighted by Gasteiger charge is 2.03. The lowest BCUT2D eigenvalue weighted by Crippen LogP contribution is -1.90. The third-order valence-electron chi connectivity index (χ3n) is 2.32. The highest BCUT2D eigenvalue weighted by Crippen LogP contribution is 2.27. The second-order valence-corrected chi connectivity index (χ2v) is 4.57. The summed E-state index contributed by atoms with van der Waals surface area (Å²) in [5.74, 6) is 0.0614. The molecule has 0 radical (unpaired) electrons. The Bertz CT molecular complexity index is 523. The van der Waals surface area contributed by atoms with Crippen molar-refractivity contribution in [2.75, 3.05) is 0 Å². The topological polar surface area (TPSA) is 34.1 Å². The minimum atomic E-state index is 0.0614. The van der Waals surface area contributed by atoms with Crippen molar-refractivity contribution in [2.45, 2.75) is 6.92 Å². The highest BCUT2D eigenvalue weighted by atomic mass is 32.1. The maximum atomic E-state index is 11.1. The molecule has 16 heavy (non-hydrogen) atoms. The Hall–Kier alpha value is -1.74. The number of hydrogen-bond donors (Lipinski definition) is 0. The Labute approximate surface area is 97.5 Å². The Morgan fingerprint density at radius 1 is 1.12 bits per heavy atom. The van der Waals surface area contributed by atoms with E-state index in [0.717, 1.165) is 16.7 Å². The number of thiophene rings is 1. The first-order valence-corrected chi connectivity index (χ1v) is 5.69. The van der Waals surface area contributed by atoms with Crippen LogP contribution in [0.1, 0.15) is 27.0 Å². The van der Waals surface area contributed by atoms with Gasteiger partial charge in [-0.1, -0.05) is 24.3 Å². The lowest BCUT2D eigenvalue weighted by atomic mass is 10.1. The van der Waals surface area contributed by atoms with E-state index in [0.29, 0.717) is 10.4 Å². The van der Waals surface area contributed by atoms with E-state index in [4.69, 9.17) is 0 Å². The first-order valence-electron chi connectivity index (χ1n) is 4.87. The fraction of sp³-hybridized carbons (Fsp3) is 0.0769. The maximum absolute atomic E-state index is 11.1. The van der Waals surface area contributed by atoms with Crippen LogP contribution in [0.3, 0.4) is 0 Å². The van der Waals surface area contributed by atoms with Crippen molar-refractivity contribution in [3.63, 3.8) is 0 Å². The van der Waals surface area contributed by atoms with Crippen molar-refractivity contribution in [3.05, 3.63) is 46.8 Å². The van der Waals surface area contributed by atoms with Crippen LogP contribution in [-0.4, -0.2) is 12.1 Å². The number of aldehydes is 1. The molecule has 0 bridgehead atoms. The molecule has 2 nitrogen and oxygen atoms in total. The molecular formula is C13H10O2S. The minimum Gasteiger partial charge on any atom is -0.297 e. The lowest BCUT2D eigenvalue weighted by molar-refractivity contribution is 0.101. The number of carbonyl (C=O) groups is 2. The van der Waals surface area contributed by atoms with Gasteiger partial charge in [0.2, 0.25) is 0 Å². The molecule has 80 valence electrons. The average Bonchev–Trinajstić information content (AvgIpc) is 2.77. The first-order chi connectivity index (χ1) is 7.70. The summed E-state index contributed by atoms with van der Waals surface area (Å²) in [5.41, 5.74) is 1.74. The standard InChI is InChI=1S/C13H10O2S/c1-9(15)10-2-4-11(5-3-10)13-7-6-12(8-14)16-13/h2-8H,1H3. The molecule has 0 aliphatic rings. The fourth-order valence-corrected chi connectivity index (χ4v) is 2.27. The molecule has 0 saturated carbocycles. The van der Waals surface area contributed by atoms with Gasteiger partial charge in [-0.3, -0.25) is 9.59 Å². The van der Waals surface area contributed by atoms with Gasteiger partial charge in [0, 0.05) is 10.4 Å². The number of hydrogen-bond acceptors (Lipinski definition) is 3. The van der Waals surface area contributed by atoms with Gasteiger partial charge >= 0.3 is 0 Å². The lowest BCUT2D eigenvalue weighted by Gasteiger charge is -1.98. The molecule has 1 aromatic heterocycles. The van der Waals surface area contributed by atoms with Gasteiger partial charge in [0.25, 0.3) is 0 Å². The molecule has 3 heteroatoms. The van der Waals surface area contributed by atoms with Gasteiger partial charge in [-0.15, -0.1) is 11.3 Å². The number of benzene rings is 1. The minimum absolute atomic E-state index is 0.0614. The molecule has 0 aliphatic heterocycles. The van der Waals surface area contributed by atoms with Crippen molar-refractivity contribution in [1.29, 1.82) is 0 Å². The van der Waals surface area contributed by atoms with E-state index in [9.17, 15) is 9.59 Å². The molecule has 0 spiro atoms. The van der Waals surface area contributed by atoms with Crippen LogP contribution in [0, 0.1) is 0 Å². The molecule has 0 fully saturated rings. The molecule has 2 aromatic rings. The second-order valence-electron chi connectivity index (χ2n) is 3.45. The SMILES string of the molecule is CC(=O)c1ccc(-c2ccc(C=O)s2)cc1. The average molecular weight is 230 g/mol. The number of rotatable bonds is 3. The van der Waals surface area contributed by atoms with Crippen LogP contribution in [0.2, 0.25) is 0 Å². The summed E-state index contributed by atoms with van der Waals surface area (Å²) < 4.78 is 0. The van der Waals surface area contributed by atoms with Gasteiger partial charge in [0.05, 0.1) is 4.88 Å². The van der Waals surface area contributed by atoms with Crippen LogP contribution >= 0.6 is 11.3 Å². The summed E-state index contributed by atoms with van der Waals surface area (Å²) in [6.45, 7) is 1.55.